The first kappa shape index (κ1) is 30.1. The number of cyclic esters (lactones) is 1. The second-order valence-corrected chi connectivity index (χ2v) is 10.9. The van der Waals surface area contributed by atoms with E-state index in [0.29, 0.717) is 6.42 Å². The van der Waals surface area contributed by atoms with Crippen LogP contribution in [0.1, 0.15) is 72.3 Å². The standard InChI is InChI=1S/C31H43N3O5/c1-6-8-12-20(4)26-18-27(35)33-25(17-23-15-11-14-22-13-9-10-16-24(22)23)30(37)32-21(5)29(36)34-28(19(3)7-2)31(38)39-26/h9-11,13-16,19-21,25-26,28H,6-8,12,17-18H2,1-5H3,(H,32,37)(H,33,35)(H,34,36). The zero-order valence-corrected chi connectivity index (χ0v) is 23.8. The summed E-state index contributed by atoms with van der Waals surface area (Å²) >= 11 is 0. The molecule has 0 radical (unpaired) electrons. The van der Waals surface area contributed by atoms with Gasteiger partial charge in [-0.3, -0.25) is 14.4 Å². The van der Waals surface area contributed by atoms with Crippen molar-refractivity contribution in [2.45, 2.75) is 97.4 Å². The van der Waals surface area contributed by atoms with Gasteiger partial charge in [0.15, 0.2) is 0 Å². The molecular weight excluding hydrogens is 494 g/mol. The summed E-state index contributed by atoms with van der Waals surface area (Å²) in [5, 5.41) is 10.4. The number of unbranched alkanes of at least 4 members (excludes halogenated alkanes) is 1. The second-order valence-electron chi connectivity index (χ2n) is 10.9. The Kier molecular flexibility index (Phi) is 10.9. The third-order valence-corrected chi connectivity index (χ3v) is 7.77. The largest absolute Gasteiger partial charge is 0.460 e. The number of esters is 1. The van der Waals surface area contributed by atoms with E-state index >= 15 is 0 Å². The van der Waals surface area contributed by atoms with E-state index in [0.717, 1.165) is 35.6 Å². The maximum atomic E-state index is 13.4. The number of benzene rings is 2. The smallest absolute Gasteiger partial charge is 0.329 e. The molecule has 1 heterocycles. The average Bonchev–Trinajstić information content (AvgIpc) is 2.93. The zero-order chi connectivity index (χ0) is 28.5. The molecule has 1 aliphatic heterocycles. The lowest BCUT2D eigenvalue weighted by atomic mass is 9.94. The fourth-order valence-electron chi connectivity index (χ4n) is 4.96. The van der Waals surface area contributed by atoms with Crippen LogP contribution in [-0.4, -0.2) is 47.9 Å². The number of hydrogen-bond donors (Lipinski definition) is 3. The molecule has 8 heteroatoms. The molecule has 0 bridgehead atoms. The van der Waals surface area contributed by atoms with Gasteiger partial charge in [-0.2, -0.15) is 0 Å². The van der Waals surface area contributed by atoms with Crippen molar-refractivity contribution < 1.29 is 23.9 Å². The quantitative estimate of drug-likeness (QED) is 0.440. The Morgan fingerprint density at radius 3 is 2.33 bits per heavy atom. The number of hydrogen-bond acceptors (Lipinski definition) is 5. The predicted molar refractivity (Wildman–Crippen MR) is 152 cm³/mol. The van der Waals surface area contributed by atoms with Gasteiger partial charge in [-0.15, -0.1) is 0 Å². The van der Waals surface area contributed by atoms with Crippen LogP contribution in [0.15, 0.2) is 42.5 Å². The van der Waals surface area contributed by atoms with E-state index in [1.54, 1.807) is 6.92 Å². The lowest BCUT2D eigenvalue weighted by Crippen LogP contribution is -2.55. The van der Waals surface area contributed by atoms with Gasteiger partial charge in [-0.05, 0) is 41.5 Å². The van der Waals surface area contributed by atoms with Crippen molar-refractivity contribution in [2.24, 2.45) is 11.8 Å². The fraction of sp³-hybridized carbons (Fsp3) is 0.548. The molecule has 1 aliphatic rings. The van der Waals surface area contributed by atoms with Crippen LogP contribution in [0, 0.1) is 11.8 Å². The Balaban J connectivity index is 1.95. The van der Waals surface area contributed by atoms with Crippen LogP contribution in [0.2, 0.25) is 0 Å². The highest BCUT2D eigenvalue weighted by Gasteiger charge is 2.35. The molecule has 0 aliphatic carbocycles. The third-order valence-electron chi connectivity index (χ3n) is 7.77. The van der Waals surface area contributed by atoms with Gasteiger partial charge < -0.3 is 20.7 Å². The summed E-state index contributed by atoms with van der Waals surface area (Å²) in [6.07, 6.45) is 2.86. The highest BCUT2D eigenvalue weighted by Crippen LogP contribution is 2.23. The normalized spacial score (nSPS) is 24.7. The summed E-state index contributed by atoms with van der Waals surface area (Å²) in [4.78, 5) is 53.2. The fourth-order valence-corrected chi connectivity index (χ4v) is 4.96. The number of rotatable bonds is 8. The summed E-state index contributed by atoms with van der Waals surface area (Å²) in [7, 11) is 0. The molecule has 39 heavy (non-hydrogen) atoms. The maximum Gasteiger partial charge on any atom is 0.329 e. The molecule has 6 unspecified atom stereocenters. The molecule has 8 nitrogen and oxygen atoms in total. The van der Waals surface area contributed by atoms with Crippen molar-refractivity contribution in [1.82, 2.24) is 16.0 Å². The molecule has 0 aromatic heterocycles. The first-order valence-electron chi connectivity index (χ1n) is 14.2. The predicted octanol–water partition coefficient (Wildman–Crippen LogP) is 4.04. The lowest BCUT2D eigenvalue weighted by molar-refractivity contribution is -0.158. The van der Waals surface area contributed by atoms with Gasteiger partial charge >= 0.3 is 5.97 Å². The van der Waals surface area contributed by atoms with Crippen LogP contribution >= 0.6 is 0 Å². The van der Waals surface area contributed by atoms with Crippen LogP contribution in [0.4, 0.5) is 0 Å². The van der Waals surface area contributed by atoms with Gasteiger partial charge in [-0.25, -0.2) is 4.79 Å². The molecule has 1 saturated heterocycles. The van der Waals surface area contributed by atoms with Crippen molar-refractivity contribution in [3.63, 3.8) is 0 Å². The highest BCUT2D eigenvalue weighted by molar-refractivity contribution is 5.94. The molecule has 2 aromatic rings. The Labute approximate surface area is 231 Å². The molecule has 6 atom stereocenters. The molecule has 212 valence electrons. The summed E-state index contributed by atoms with van der Waals surface area (Å²) in [6.45, 7) is 9.43. The highest BCUT2D eigenvalue weighted by atomic mass is 16.5. The number of ether oxygens (including phenoxy) is 1. The van der Waals surface area contributed by atoms with Gasteiger partial charge in [0.25, 0.3) is 0 Å². The molecule has 0 spiro atoms. The first-order chi connectivity index (χ1) is 18.6. The van der Waals surface area contributed by atoms with Gasteiger partial charge in [0.1, 0.15) is 24.2 Å². The lowest BCUT2D eigenvalue weighted by Gasteiger charge is -2.29. The number of amides is 3. The summed E-state index contributed by atoms with van der Waals surface area (Å²) in [5.41, 5.74) is 0.908. The van der Waals surface area contributed by atoms with Gasteiger partial charge in [0, 0.05) is 6.42 Å². The molecule has 3 amide bonds. The van der Waals surface area contributed by atoms with E-state index in [1.165, 1.54) is 0 Å². The van der Waals surface area contributed by atoms with E-state index in [1.807, 2.05) is 63.2 Å². The zero-order valence-electron chi connectivity index (χ0n) is 23.8. The monoisotopic (exact) mass is 537 g/mol. The number of carbonyl (C=O) groups excluding carboxylic acids is 4. The Hall–Kier alpha value is -3.42. The molecule has 3 N–H and O–H groups in total. The van der Waals surface area contributed by atoms with Crippen LogP contribution in [-0.2, 0) is 30.3 Å². The Morgan fingerprint density at radius 2 is 1.62 bits per heavy atom. The van der Waals surface area contributed by atoms with E-state index < -0.39 is 42.0 Å². The number of nitrogens with one attached hydrogen (secondary N) is 3. The minimum absolute atomic E-state index is 0.0628. The van der Waals surface area contributed by atoms with E-state index in [2.05, 4.69) is 22.9 Å². The van der Waals surface area contributed by atoms with Crippen molar-refractivity contribution in [1.29, 1.82) is 0 Å². The third kappa shape index (κ3) is 8.04. The van der Waals surface area contributed by atoms with Gasteiger partial charge in [-0.1, -0.05) is 89.4 Å². The van der Waals surface area contributed by atoms with Crippen molar-refractivity contribution in [2.75, 3.05) is 0 Å². The topological polar surface area (TPSA) is 114 Å². The minimum atomic E-state index is -0.913. The molecular formula is C31H43N3O5. The Bertz CT molecular complexity index is 1160. The maximum absolute atomic E-state index is 13.4. The molecule has 1 fully saturated rings. The molecule has 2 aromatic carbocycles. The SMILES string of the molecule is CCCCC(C)C1CC(=O)NC(Cc2cccc3ccccc23)C(=O)NC(C)C(=O)NC(C(C)CC)C(=O)O1. The average molecular weight is 538 g/mol. The summed E-state index contributed by atoms with van der Waals surface area (Å²) in [5.74, 6) is -2.11. The second kappa shape index (κ2) is 14.1. The van der Waals surface area contributed by atoms with E-state index in [9.17, 15) is 19.2 Å². The van der Waals surface area contributed by atoms with Crippen LogP contribution in [0.3, 0.4) is 0 Å². The van der Waals surface area contributed by atoms with Gasteiger partial charge in [0.05, 0.1) is 6.42 Å². The first-order valence-corrected chi connectivity index (χ1v) is 14.2. The van der Waals surface area contributed by atoms with E-state index in [-0.39, 0.29) is 30.6 Å². The van der Waals surface area contributed by atoms with Crippen LogP contribution in [0.5, 0.6) is 0 Å². The van der Waals surface area contributed by atoms with E-state index in [4.69, 9.17) is 4.74 Å². The molecule has 0 saturated carbocycles. The summed E-state index contributed by atoms with van der Waals surface area (Å²) in [6, 6.07) is 11.0. The van der Waals surface area contributed by atoms with Gasteiger partial charge in [0.2, 0.25) is 17.7 Å². The van der Waals surface area contributed by atoms with Crippen molar-refractivity contribution >= 4 is 34.5 Å². The number of fused-ring (bicyclic) bond motifs is 1. The van der Waals surface area contributed by atoms with Crippen LogP contribution in [0.25, 0.3) is 10.8 Å². The summed E-state index contributed by atoms with van der Waals surface area (Å²) < 4.78 is 5.93. The van der Waals surface area contributed by atoms with Crippen molar-refractivity contribution in [3.8, 4) is 0 Å². The molecule has 3 rings (SSSR count). The Morgan fingerprint density at radius 1 is 0.897 bits per heavy atom. The van der Waals surface area contributed by atoms with Crippen LogP contribution < -0.4 is 16.0 Å². The van der Waals surface area contributed by atoms with Crippen molar-refractivity contribution in [3.05, 3.63) is 48.0 Å². The number of carbonyl (C=O) groups is 4. The minimum Gasteiger partial charge on any atom is -0.460 e.